The van der Waals surface area contributed by atoms with E-state index in [1.54, 1.807) is 12.5 Å². The van der Waals surface area contributed by atoms with E-state index in [4.69, 9.17) is 9.15 Å². The van der Waals surface area contributed by atoms with Gasteiger partial charge >= 0.3 is 5.97 Å². The van der Waals surface area contributed by atoms with Gasteiger partial charge in [0.05, 0.1) is 18.6 Å². The molecule has 0 unspecified atom stereocenters. The predicted molar refractivity (Wildman–Crippen MR) is 103 cm³/mol. The summed E-state index contributed by atoms with van der Waals surface area (Å²) in [6, 6.07) is 2.01. The molecular formula is C22H32O4. The minimum absolute atomic E-state index is 0.200. The van der Waals surface area contributed by atoms with Gasteiger partial charge in [0.2, 0.25) is 0 Å². The van der Waals surface area contributed by atoms with Gasteiger partial charge in [0.25, 0.3) is 0 Å². The van der Waals surface area contributed by atoms with Crippen LogP contribution in [-0.4, -0.2) is 22.8 Å². The third-order valence-corrected chi connectivity index (χ3v) is 5.23. The predicted octanol–water partition coefficient (Wildman–Crippen LogP) is 5.12. The number of hydrogen-bond donors (Lipinski definition) is 1. The highest BCUT2D eigenvalue weighted by molar-refractivity contribution is 5.72. The Bertz CT molecular complexity index is 627. The van der Waals surface area contributed by atoms with Gasteiger partial charge in [0.1, 0.15) is 5.60 Å². The highest BCUT2D eigenvalue weighted by atomic mass is 16.6. The van der Waals surface area contributed by atoms with Gasteiger partial charge in [-0.3, -0.25) is 4.79 Å². The third-order valence-electron chi connectivity index (χ3n) is 5.23. The van der Waals surface area contributed by atoms with E-state index in [0.717, 1.165) is 32.1 Å². The van der Waals surface area contributed by atoms with Gasteiger partial charge in [-0.25, -0.2) is 0 Å². The second kappa shape index (κ2) is 9.77. The fraction of sp³-hybridized carbons (Fsp3) is 0.591. The number of hydrogen-bond acceptors (Lipinski definition) is 4. The van der Waals surface area contributed by atoms with Crippen LogP contribution in [0.1, 0.15) is 71.3 Å². The molecule has 26 heavy (non-hydrogen) atoms. The quantitative estimate of drug-likeness (QED) is 0.464. The molecule has 4 heteroatoms. The summed E-state index contributed by atoms with van der Waals surface area (Å²) >= 11 is 0. The number of aliphatic hydroxyl groups excluding tert-OH is 1. The van der Waals surface area contributed by atoms with Crippen LogP contribution in [0.15, 0.2) is 46.3 Å². The number of aryl methyl sites for hydroxylation is 1. The first-order valence-corrected chi connectivity index (χ1v) is 9.61. The molecule has 1 saturated heterocycles. The molecule has 2 rings (SSSR count). The number of esters is 1. The van der Waals surface area contributed by atoms with Crippen molar-refractivity contribution in [2.24, 2.45) is 0 Å². The molecule has 2 atom stereocenters. The maximum absolute atomic E-state index is 11.3. The maximum Gasteiger partial charge on any atom is 0.306 e. The Kier molecular flexibility index (Phi) is 7.70. The number of rotatable bonds is 10. The second-order valence-corrected chi connectivity index (χ2v) is 7.65. The van der Waals surface area contributed by atoms with E-state index in [1.165, 1.54) is 16.7 Å². The molecule has 0 aromatic carbocycles. The monoisotopic (exact) mass is 360 g/mol. The summed E-state index contributed by atoms with van der Waals surface area (Å²) in [7, 11) is 0. The minimum atomic E-state index is -0.703. The lowest BCUT2D eigenvalue weighted by Crippen LogP contribution is -2.39. The summed E-state index contributed by atoms with van der Waals surface area (Å²) in [5.41, 5.74) is 3.22. The van der Waals surface area contributed by atoms with Crippen molar-refractivity contribution in [1.82, 2.24) is 0 Å². The lowest BCUT2D eigenvalue weighted by atomic mass is 9.91. The first-order valence-electron chi connectivity index (χ1n) is 9.61. The number of carbonyl (C=O) groups excluding carboxylic acids is 1. The highest BCUT2D eigenvalue weighted by Crippen LogP contribution is 2.32. The first kappa shape index (κ1) is 20.5. The summed E-state index contributed by atoms with van der Waals surface area (Å²) in [5.74, 6) is -0.200. The smallest absolute Gasteiger partial charge is 0.306 e. The molecule has 4 nitrogen and oxygen atoms in total. The van der Waals surface area contributed by atoms with Crippen LogP contribution in [0.3, 0.4) is 0 Å². The van der Waals surface area contributed by atoms with E-state index in [1.807, 2.05) is 13.0 Å². The third kappa shape index (κ3) is 6.49. The largest absolute Gasteiger partial charge is 0.472 e. The summed E-state index contributed by atoms with van der Waals surface area (Å²) in [5, 5.41) is 10.3. The fourth-order valence-corrected chi connectivity index (χ4v) is 3.29. The molecule has 1 aromatic heterocycles. The van der Waals surface area contributed by atoms with Crippen molar-refractivity contribution in [3.8, 4) is 0 Å². The highest BCUT2D eigenvalue weighted by Gasteiger charge is 2.41. The SMILES string of the molecule is C/C(=C\CCc1ccoc1)CC/C=C(\C)CC[C@@H](O)[C@]1(C)CCC(=O)O1. The Morgan fingerprint density at radius 3 is 2.65 bits per heavy atom. The number of ether oxygens (including phenoxy) is 1. The van der Waals surface area contributed by atoms with Gasteiger partial charge in [0, 0.05) is 6.42 Å². The number of cyclic esters (lactones) is 1. The van der Waals surface area contributed by atoms with E-state index in [-0.39, 0.29) is 5.97 Å². The lowest BCUT2D eigenvalue weighted by molar-refractivity contribution is -0.156. The Morgan fingerprint density at radius 2 is 2.00 bits per heavy atom. The van der Waals surface area contributed by atoms with Crippen molar-refractivity contribution < 1.29 is 19.1 Å². The van der Waals surface area contributed by atoms with E-state index in [0.29, 0.717) is 19.3 Å². The molecule has 0 spiro atoms. The van der Waals surface area contributed by atoms with E-state index >= 15 is 0 Å². The van der Waals surface area contributed by atoms with Gasteiger partial charge < -0.3 is 14.3 Å². The van der Waals surface area contributed by atoms with Gasteiger partial charge in [-0.15, -0.1) is 0 Å². The number of carbonyl (C=O) groups is 1. The van der Waals surface area contributed by atoms with Crippen LogP contribution in [0.2, 0.25) is 0 Å². The summed E-state index contributed by atoms with van der Waals surface area (Å²) in [6.45, 7) is 6.12. The molecule has 0 saturated carbocycles. The molecule has 1 N–H and O–H groups in total. The molecule has 144 valence electrons. The Morgan fingerprint density at radius 1 is 1.27 bits per heavy atom. The average molecular weight is 360 g/mol. The molecule has 0 amide bonds. The molecule has 0 bridgehead atoms. The van der Waals surface area contributed by atoms with Crippen LogP contribution in [-0.2, 0) is 16.0 Å². The zero-order valence-corrected chi connectivity index (χ0v) is 16.3. The topological polar surface area (TPSA) is 59.7 Å². The van der Waals surface area contributed by atoms with Crippen LogP contribution in [0.5, 0.6) is 0 Å². The molecular weight excluding hydrogens is 328 g/mol. The van der Waals surface area contributed by atoms with Crippen molar-refractivity contribution in [1.29, 1.82) is 0 Å². The van der Waals surface area contributed by atoms with Crippen LogP contribution in [0, 0.1) is 0 Å². The molecule has 2 heterocycles. The van der Waals surface area contributed by atoms with E-state index in [9.17, 15) is 9.90 Å². The second-order valence-electron chi connectivity index (χ2n) is 7.65. The van der Waals surface area contributed by atoms with Gasteiger partial charge in [-0.2, -0.15) is 0 Å². The lowest BCUT2D eigenvalue weighted by Gasteiger charge is -2.28. The maximum atomic E-state index is 11.3. The minimum Gasteiger partial charge on any atom is -0.472 e. The fourth-order valence-electron chi connectivity index (χ4n) is 3.29. The Balaban J connectivity index is 1.65. The van der Waals surface area contributed by atoms with Crippen LogP contribution in [0.25, 0.3) is 0 Å². The van der Waals surface area contributed by atoms with Crippen molar-refractivity contribution >= 4 is 5.97 Å². The zero-order chi connectivity index (χ0) is 19.0. The number of aliphatic hydroxyl groups is 1. The summed E-state index contributed by atoms with van der Waals surface area (Å²) < 4.78 is 10.4. The number of allylic oxidation sites excluding steroid dienone is 4. The molecule has 1 aliphatic heterocycles. The van der Waals surface area contributed by atoms with Crippen molar-refractivity contribution in [3.63, 3.8) is 0 Å². The standard InChI is InChI=1S/C22H32O4/c1-17(8-5-9-19-13-15-25-16-19)6-4-7-18(2)10-11-20(23)22(3)14-12-21(24)26-22/h7-8,13,15-16,20,23H,4-6,9-12,14H2,1-3H3/b17-8+,18-7+/t20-,22+/m1/s1. The van der Waals surface area contributed by atoms with E-state index in [2.05, 4.69) is 26.0 Å². The molecule has 0 radical (unpaired) electrons. The van der Waals surface area contributed by atoms with Crippen LogP contribution >= 0.6 is 0 Å². The van der Waals surface area contributed by atoms with Gasteiger partial charge in [0.15, 0.2) is 0 Å². The molecule has 0 aliphatic carbocycles. The number of furan rings is 1. The molecule has 1 aliphatic rings. The van der Waals surface area contributed by atoms with Crippen molar-refractivity contribution in [3.05, 3.63) is 47.5 Å². The van der Waals surface area contributed by atoms with Crippen molar-refractivity contribution in [2.75, 3.05) is 0 Å². The summed E-state index contributed by atoms with van der Waals surface area (Å²) in [6.07, 6.45) is 14.1. The van der Waals surface area contributed by atoms with Crippen LogP contribution in [0.4, 0.5) is 0 Å². The van der Waals surface area contributed by atoms with Gasteiger partial charge in [-0.1, -0.05) is 23.3 Å². The first-order chi connectivity index (χ1) is 12.4. The van der Waals surface area contributed by atoms with E-state index < -0.39 is 11.7 Å². The van der Waals surface area contributed by atoms with Crippen molar-refractivity contribution in [2.45, 2.75) is 83.8 Å². The Labute approximate surface area is 156 Å². The zero-order valence-electron chi connectivity index (χ0n) is 16.3. The summed E-state index contributed by atoms with van der Waals surface area (Å²) in [4.78, 5) is 11.3. The molecule has 1 fully saturated rings. The van der Waals surface area contributed by atoms with Crippen LogP contribution < -0.4 is 0 Å². The Hall–Kier alpha value is -1.81. The average Bonchev–Trinajstić information content (AvgIpc) is 3.23. The molecule has 1 aromatic rings. The van der Waals surface area contributed by atoms with Gasteiger partial charge in [-0.05, 0) is 77.3 Å². The normalized spacial score (nSPS) is 22.5.